The molecule has 2 aromatic heterocycles. The predicted octanol–water partition coefficient (Wildman–Crippen LogP) is 5.22. The van der Waals surface area contributed by atoms with E-state index in [1.54, 1.807) is 0 Å². The zero-order valence-electron chi connectivity index (χ0n) is 10.9. The topological polar surface area (TPSA) is 47.6 Å². The minimum Gasteiger partial charge on any atom is -0.188 e. The molecule has 0 saturated heterocycles. The Balaban J connectivity index is 2.86. The molecule has 0 spiro atoms. The fraction of sp³-hybridized carbons (Fsp3) is 0.286. The molecular weight excluding hydrogens is 258 g/mol. The molecule has 4 heteroatoms. The van der Waals surface area contributed by atoms with Crippen molar-refractivity contribution in [1.82, 2.24) is 0 Å². The first-order valence-corrected chi connectivity index (χ1v) is 8.51. The van der Waals surface area contributed by atoms with Crippen LogP contribution in [0, 0.1) is 49.8 Å². The zero-order valence-corrected chi connectivity index (χ0v) is 12.7. The summed E-state index contributed by atoms with van der Waals surface area (Å²) in [5, 5.41) is 20.9. The van der Waals surface area contributed by atoms with Gasteiger partial charge in [0.05, 0.1) is 0 Å². The third kappa shape index (κ3) is 1.79. The van der Waals surface area contributed by atoms with Crippen LogP contribution in [0.25, 0.3) is 10.6 Å². The van der Waals surface area contributed by atoms with Gasteiger partial charge in [-0.3, -0.25) is 0 Å². The van der Waals surface area contributed by atoms with Gasteiger partial charge in [-0.05, 0) is 76.6 Å². The molecular formula is C14H14N2P2. The van der Waals surface area contributed by atoms with Crippen LogP contribution in [0.15, 0.2) is 11.6 Å². The van der Waals surface area contributed by atoms with Gasteiger partial charge >= 0.3 is 0 Å². The summed E-state index contributed by atoms with van der Waals surface area (Å²) >= 11 is 0. The van der Waals surface area contributed by atoms with Gasteiger partial charge in [-0.2, -0.15) is 10.5 Å². The van der Waals surface area contributed by atoms with E-state index in [0.717, 1.165) is 10.6 Å². The molecule has 0 aromatic carbocycles. The molecule has 0 aliphatic rings. The lowest BCUT2D eigenvalue weighted by molar-refractivity contribution is 1.38. The van der Waals surface area contributed by atoms with E-state index in [9.17, 15) is 10.5 Å². The average Bonchev–Trinajstić information content (AvgIpc) is 2.79. The highest BCUT2D eigenvalue weighted by molar-refractivity contribution is 7.63. The molecule has 2 atom stereocenters. The van der Waals surface area contributed by atoms with Gasteiger partial charge in [-0.15, -0.1) is 0 Å². The molecule has 0 N–H and O–H groups in total. The zero-order chi connectivity index (χ0) is 13.4. The van der Waals surface area contributed by atoms with Crippen molar-refractivity contribution < 1.29 is 0 Å². The van der Waals surface area contributed by atoms with Crippen molar-refractivity contribution in [1.29, 1.82) is 10.5 Å². The van der Waals surface area contributed by atoms with Crippen LogP contribution in [0.5, 0.6) is 0 Å². The van der Waals surface area contributed by atoms with Gasteiger partial charge in [0.2, 0.25) is 0 Å². The number of nitrogens with zero attached hydrogens (tertiary/aromatic N) is 2. The van der Waals surface area contributed by atoms with E-state index in [1.807, 2.05) is 0 Å². The van der Waals surface area contributed by atoms with Crippen LogP contribution in [-0.4, -0.2) is 0 Å². The minimum atomic E-state index is -0.877. The summed E-state index contributed by atoms with van der Waals surface area (Å²) in [5.74, 6) is 8.95. The highest BCUT2D eigenvalue weighted by Crippen LogP contribution is 2.55. The second kappa shape index (κ2) is 4.66. The van der Waals surface area contributed by atoms with Crippen LogP contribution >= 0.6 is 15.1 Å². The van der Waals surface area contributed by atoms with Crippen molar-refractivity contribution in [2.45, 2.75) is 27.7 Å². The first-order valence-electron chi connectivity index (χ1n) is 5.69. The van der Waals surface area contributed by atoms with Crippen LogP contribution in [0.2, 0.25) is 0 Å². The normalized spacial score (nSPS) is 12.1. The van der Waals surface area contributed by atoms with Crippen molar-refractivity contribution in [3.63, 3.8) is 0 Å². The lowest BCUT2D eigenvalue weighted by atomic mass is 10.1. The maximum Gasteiger partial charge on any atom is 0.117 e. The quantitative estimate of drug-likeness (QED) is 0.714. The summed E-state index contributed by atoms with van der Waals surface area (Å²) in [6.45, 7) is 8.24. The summed E-state index contributed by atoms with van der Waals surface area (Å²) in [4.78, 5) is 0. The fourth-order valence-electron chi connectivity index (χ4n) is 2.19. The highest BCUT2D eigenvalue weighted by Gasteiger charge is 2.20. The van der Waals surface area contributed by atoms with Gasteiger partial charge in [0.25, 0.3) is 0 Å². The summed E-state index contributed by atoms with van der Waals surface area (Å²) in [6.07, 6.45) is 0. The van der Waals surface area contributed by atoms with E-state index < -0.39 is 15.1 Å². The summed E-state index contributed by atoms with van der Waals surface area (Å²) in [7, 11) is -1.75. The van der Waals surface area contributed by atoms with Crippen molar-refractivity contribution in [3.05, 3.63) is 33.9 Å². The third-order valence-corrected chi connectivity index (χ3v) is 7.44. The third-order valence-electron chi connectivity index (χ3n) is 3.46. The van der Waals surface area contributed by atoms with Crippen molar-refractivity contribution in [3.8, 4) is 22.2 Å². The van der Waals surface area contributed by atoms with Crippen molar-refractivity contribution >= 4 is 15.1 Å². The number of rotatable bonds is 1. The van der Waals surface area contributed by atoms with Gasteiger partial charge < -0.3 is 0 Å². The van der Waals surface area contributed by atoms with E-state index in [4.69, 9.17) is 0 Å². The first kappa shape index (κ1) is 13.0. The Morgan fingerprint density at radius 3 is 1.39 bits per heavy atom. The molecule has 2 heterocycles. The first-order chi connectivity index (χ1) is 8.51. The molecule has 0 fully saturated rings. The fourth-order valence-corrected chi connectivity index (χ4v) is 6.44. The molecule has 2 unspecified atom stereocenters. The van der Waals surface area contributed by atoms with E-state index in [2.05, 4.69) is 50.9 Å². The lowest BCUT2D eigenvalue weighted by Gasteiger charge is -2.04. The molecule has 0 aliphatic heterocycles. The monoisotopic (exact) mass is 272 g/mol. The largest absolute Gasteiger partial charge is 0.188 e. The van der Waals surface area contributed by atoms with Gasteiger partial charge in [0.15, 0.2) is 0 Å². The lowest BCUT2D eigenvalue weighted by Crippen LogP contribution is -1.79. The van der Waals surface area contributed by atoms with Gasteiger partial charge in [0, 0.05) is 10.6 Å². The van der Waals surface area contributed by atoms with Crippen molar-refractivity contribution in [2.24, 2.45) is 0 Å². The number of hydrogen-bond donors (Lipinski definition) is 0. The van der Waals surface area contributed by atoms with E-state index in [1.165, 1.54) is 22.3 Å². The molecule has 0 bridgehead atoms. The van der Waals surface area contributed by atoms with Crippen LogP contribution in [-0.2, 0) is 0 Å². The SMILES string of the molecule is Cc1cp(C#N)c(-c2c(C)c(C)cp2C#N)c1C. The molecule has 0 amide bonds. The van der Waals surface area contributed by atoms with Crippen LogP contribution in [0.1, 0.15) is 22.3 Å². The molecule has 2 aromatic rings. The number of aryl methyl sites for hydroxylation is 2. The molecule has 90 valence electrons. The maximum atomic E-state index is 9.33. The Kier molecular flexibility index (Phi) is 3.36. The number of nitriles is 2. The summed E-state index contributed by atoms with van der Waals surface area (Å²) in [5.41, 5.74) is 4.77. The van der Waals surface area contributed by atoms with E-state index in [-0.39, 0.29) is 0 Å². The van der Waals surface area contributed by atoms with Gasteiger partial charge in [0.1, 0.15) is 11.6 Å². The van der Waals surface area contributed by atoms with Crippen LogP contribution in [0.3, 0.4) is 0 Å². The Bertz CT molecular complexity index is 643. The second-order valence-corrected chi connectivity index (χ2v) is 7.80. The van der Waals surface area contributed by atoms with E-state index in [0.29, 0.717) is 0 Å². The number of hydrogen-bond acceptors (Lipinski definition) is 2. The predicted molar refractivity (Wildman–Crippen MR) is 78.3 cm³/mol. The Hall–Kier alpha value is -1.46. The van der Waals surface area contributed by atoms with E-state index >= 15 is 0 Å². The minimum absolute atomic E-state index is 0.877. The molecule has 2 rings (SSSR count). The molecule has 2 nitrogen and oxygen atoms in total. The summed E-state index contributed by atoms with van der Waals surface area (Å²) in [6, 6.07) is 0. The average molecular weight is 272 g/mol. The molecule has 18 heavy (non-hydrogen) atoms. The molecule has 0 saturated carbocycles. The Labute approximate surface area is 110 Å². The smallest absolute Gasteiger partial charge is 0.117 e. The maximum absolute atomic E-state index is 9.33. The van der Waals surface area contributed by atoms with Gasteiger partial charge in [-0.1, -0.05) is 0 Å². The van der Waals surface area contributed by atoms with Crippen LogP contribution in [0.4, 0.5) is 0 Å². The Morgan fingerprint density at radius 2 is 1.11 bits per heavy atom. The molecule has 0 radical (unpaired) electrons. The highest BCUT2D eigenvalue weighted by atomic mass is 31.1. The van der Waals surface area contributed by atoms with Crippen molar-refractivity contribution in [2.75, 3.05) is 0 Å². The van der Waals surface area contributed by atoms with Gasteiger partial charge in [-0.25, -0.2) is 0 Å². The standard InChI is InChI=1S/C14H14N2P2/c1-9-5-17(7-15)13(11(9)3)14-12(4)10(2)6-18(14)8-16/h5-6H,1-4H3. The molecule has 0 aliphatic carbocycles. The second-order valence-electron chi connectivity index (χ2n) is 4.51. The summed E-state index contributed by atoms with van der Waals surface area (Å²) < 4.78 is 0. The van der Waals surface area contributed by atoms with Crippen LogP contribution < -0.4 is 0 Å². The Morgan fingerprint density at radius 1 is 0.778 bits per heavy atom.